The number of fused-ring (bicyclic) bond motifs is 18. The zero-order valence-corrected chi connectivity index (χ0v) is 71.3. The summed E-state index contributed by atoms with van der Waals surface area (Å²) >= 11 is 0. The molecular formula is C97H109ClN8O16. The topological polar surface area (TPSA) is 330 Å². The minimum atomic E-state index is -1.15. The van der Waals surface area contributed by atoms with Gasteiger partial charge in [0.2, 0.25) is 35.4 Å². The molecule has 122 heavy (non-hydrogen) atoms. The number of allylic oxidation sites excluding steroid dienone is 2. The number of ether oxygens (including phenoxy) is 7. The molecule has 0 spiro atoms. The molecule has 10 aromatic carbocycles. The monoisotopic (exact) mass is 1680 g/mol. The number of hydrogen-bond acceptors (Lipinski definition) is 16. The van der Waals surface area contributed by atoms with E-state index in [0.717, 1.165) is 94.0 Å². The van der Waals surface area contributed by atoms with Crippen molar-refractivity contribution in [3.05, 3.63) is 240 Å². The van der Waals surface area contributed by atoms with Gasteiger partial charge in [0.25, 0.3) is 0 Å². The van der Waals surface area contributed by atoms with Crippen molar-refractivity contribution in [3.8, 4) is 45.3 Å². The second-order valence-corrected chi connectivity index (χ2v) is 31.1. The SMILES string of the molecule is COc1c2cc3ccccc3c1-c1c(OC)c(cc3ccccc13)CC(NC(C)=O)C(=O)N[C@H](CCCCNC(=O)OC(C)(C)C)C(=O)N[C@H](C(=O)OCc1ccccc1)CC=CC2.COc1c2cc3ccccc3c1-c1c(OC)c(cc3ccccc13)CC(NC(C)=O)C(=O)N[C@H](CCCC[NH3+])C(=O)N[C@H](C(=O)OCc1ccccc1)CC=CC2.[Cl-]. The molecule has 2 heterocycles. The van der Waals surface area contributed by atoms with Crippen molar-refractivity contribution >= 4 is 96.6 Å². The molecule has 2 unspecified atom stereocenters. The fourth-order valence-electron chi connectivity index (χ4n) is 15.5. The Hall–Kier alpha value is -12.8. The van der Waals surface area contributed by atoms with Gasteiger partial charge in [0.1, 0.15) is 78.1 Å². The highest BCUT2D eigenvalue weighted by atomic mass is 35.5. The van der Waals surface area contributed by atoms with Crippen molar-refractivity contribution < 1.29 is 94.4 Å². The Balaban J connectivity index is 0.000000255. The third-order valence-corrected chi connectivity index (χ3v) is 21.1. The average molecular weight is 1680 g/mol. The van der Waals surface area contributed by atoms with Gasteiger partial charge in [0, 0.05) is 55.5 Å². The molecule has 25 heteroatoms. The summed E-state index contributed by atoms with van der Waals surface area (Å²) in [7, 11) is 6.45. The number of hydrogen-bond donors (Lipinski definition) is 8. The highest BCUT2D eigenvalue weighted by Crippen LogP contribution is 2.51. The van der Waals surface area contributed by atoms with E-state index in [2.05, 4.69) is 67.2 Å². The number of amides is 7. The van der Waals surface area contributed by atoms with Crippen LogP contribution in [0.2, 0.25) is 0 Å². The van der Waals surface area contributed by atoms with E-state index in [1.165, 1.54) is 13.8 Å². The summed E-state index contributed by atoms with van der Waals surface area (Å²) in [5.41, 5.74) is 11.1. The van der Waals surface area contributed by atoms with E-state index in [4.69, 9.17) is 33.2 Å². The molecule has 10 N–H and O–H groups in total. The van der Waals surface area contributed by atoms with Crippen LogP contribution in [0.1, 0.15) is 119 Å². The zero-order valence-electron chi connectivity index (χ0n) is 70.5. The summed E-state index contributed by atoms with van der Waals surface area (Å²) in [5, 5.41) is 27.3. The Morgan fingerprint density at radius 1 is 0.426 bits per heavy atom. The number of methoxy groups -OCH3 is 4. The molecule has 0 aliphatic carbocycles. The van der Waals surface area contributed by atoms with E-state index in [1.807, 2.05) is 182 Å². The number of alkyl carbamates (subject to hydrolysis) is 1. The van der Waals surface area contributed by atoms with Gasteiger partial charge in [-0.3, -0.25) is 28.8 Å². The fourth-order valence-corrected chi connectivity index (χ4v) is 15.5. The first-order chi connectivity index (χ1) is 58.5. The van der Waals surface area contributed by atoms with E-state index in [-0.39, 0.29) is 64.3 Å². The molecule has 2 aliphatic heterocycles. The summed E-state index contributed by atoms with van der Waals surface area (Å²) in [5.74, 6) is -2.12. The average Bonchev–Trinajstić information content (AvgIpc) is 0.742. The van der Waals surface area contributed by atoms with Crippen LogP contribution in [0.25, 0.3) is 65.3 Å². The zero-order chi connectivity index (χ0) is 86.1. The Bertz CT molecular complexity index is 5460. The van der Waals surface area contributed by atoms with Crippen molar-refractivity contribution in [1.82, 2.24) is 37.2 Å². The van der Waals surface area contributed by atoms with Gasteiger partial charge in [0.15, 0.2) is 0 Å². The second kappa shape index (κ2) is 44.0. The predicted octanol–water partition coefficient (Wildman–Crippen LogP) is 9.99. The van der Waals surface area contributed by atoms with Crippen LogP contribution >= 0.6 is 0 Å². The number of nitrogens with one attached hydrogen (secondary N) is 7. The van der Waals surface area contributed by atoms with Gasteiger partial charge < -0.3 is 88.5 Å². The molecule has 8 bridgehead atoms. The Kier molecular flexibility index (Phi) is 33.0. The van der Waals surface area contributed by atoms with Gasteiger partial charge >= 0.3 is 18.0 Å². The summed E-state index contributed by atoms with van der Waals surface area (Å²) < 4.78 is 41.9. The normalized spacial score (nSPS) is 17.1. The summed E-state index contributed by atoms with van der Waals surface area (Å²) in [4.78, 5) is 123. The van der Waals surface area contributed by atoms with E-state index >= 15 is 0 Å². The van der Waals surface area contributed by atoms with Gasteiger partial charge in [-0.15, -0.1) is 0 Å². The van der Waals surface area contributed by atoms with Gasteiger partial charge in [-0.2, -0.15) is 0 Å². The van der Waals surface area contributed by atoms with Crippen LogP contribution in [0.4, 0.5) is 4.79 Å². The standard InChI is InChI=1S/C51H58N4O9.C46H50N4O7.ClH/c1-32(56)53-42-30-37-29-35-21-11-14-24-39(35)44(46(37)62-6)43-38-23-13-10-20-34(38)28-36(45(43)61-5)22-12-15-26-41(49(59)63-31-33-18-8-7-9-19-33)55-47(57)40(54-48(42)58)25-16-17-27-52-50(60)64-51(2,3)4;1-29(51)48-39-27-34-26-32-18-8-11-21-36(32)41(43(34)56-3)40-35-20-10-7-17-31(35)25-33(42(40)55-2)19-9-12-23-38(46(54)57-28-30-15-5-4-6-16-30)50-44(52)37(49-45(39)53)22-13-14-24-47;/h7-15,18-21,23-24,28-29,40-42H,16-17,22,25-27,30-31H2,1-6H3,(H,52,60)(H,53,56)(H,54,58)(H,55,57);4-12,15-18,20-21,25-26,37-39H,13-14,19,22-24,27-28,47H2,1-3H3,(H,48,51)(H,49,53)(H,50,52);1H/t40-,41+,42?;37-,38+,39?;/m11./s1. The van der Waals surface area contributed by atoms with Crippen LogP contribution in [0.5, 0.6) is 23.0 Å². The molecule has 10 aromatic rings. The number of esters is 2. The molecule has 12 rings (SSSR count). The second-order valence-electron chi connectivity index (χ2n) is 31.1. The first-order valence-electron chi connectivity index (χ1n) is 41.1. The summed E-state index contributed by atoms with van der Waals surface area (Å²) in [6.45, 7) is 8.93. The minimum Gasteiger partial charge on any atom is -1.00 e. The van der Waals surface area contributed by atoms with Crippen LogP contribution in [-0.4, -0.2) is 137 Å². The molecule has 0 saturated carbocycles. The minimum absolute atomic E-state index is 0. The van der Waals surface area contributed by atoms with E-state index in [0.29, 0.717) is 79.2 Å². The summed E-state index contributed by atoms with van der Waals surface area (Å²) in [6, 6.07) is 52.1. The number of quaternary nitrogens is 1. The number of halogens is 1. The van der Waals surface area contributed by atoms with Gasteiger partial charge in [-0.1, -0.05) is 182 Å². The molecule has 0 aromatic heterocycles. The number of carbonyl (C=O) groups excluding carboxylic acids is 9. The molecule has 0 saturated heterocycles. The van der Waals surface area contributed by atoms with Crippen LogP contribution in [0.3, 0.4) is 0 Å². The predicted molar refractivity (Wildman–Crippen MR) is 467 cm³/mol. The van der Waals surface area contributed by atoms with Crippen LogP contribution in [0, 0.1) is 0 Å². The van der Waals surface area contributed by atoms with Crippen molar-refractivity contribution in [1.29, 1.82) is 0 Å². The maximum Gasteiger partial charge on any atom is 0.407 e. The molecule has 2 aliphatic rings. The van der Waals surface area contributed by atoms with Crippen LogP contribution in [0.15, 0.2) is 206 Å². The highest BCUT2D eigenvalue weighted by Gasteiger charge is 2.36. The van der Waals surface area contributed by atoms with E-state index in [9.17, 15) is 43.2 Å². The number of rotatable bonds is 21. The lowest BCUT2D eigenvalue weighted by atomic mass is 9.87. The molecular weight excluding hydrogens is 1570 g/mol. The van der Waals surface area contributed by atoms with Crippen LogP contribution in [-0.2, 0) is 91.5 Å². The lowest BCUT2D eigenvalue weighted by Crippen LogP contribution is -3.00. The lowest BCUT2D eigenvalue weighted by molar-refractivity contribution is -0.368. The molecule has 0 radical (unpaired) electrons. The maximum atomic E-state index is 14.5. The first-order valence-corrected chi connectivity index (χ1v) is 41.1. The van der Waals surface area contributed by atoms with Gasteiger partial charge in [0.05, 0.1) is 35.0 Å². The molecule has 640 valence electrons. The molecule has 24 nitrogen and oxygen atoms in total. The lowest BCUT2D eigenvalue weighted by Gasteiger charge is -2.26. The van der Waals surface area contributed by atoms with Gasteiger partial charge in [-0.05, 0) is 186 Å². The Labute approximate surface area is 717 Å². The van der Waals surface area contributed by atoms with Crippen LogP contribution < -0.4 is 74.3 Å². The molecule has 6 atom stereocenters. The quantitative estimate of drug-likeness (QED) is 0.0143. The maximum absolute atomic E-state index is 14.5. The summed E-state index contributed by atoms with van der Waals surface area (Å²) in [6.07, 6.45) is 10.8. The van der Waals surface area contributed by atoms with Crippen molar-refractivity contribution in [2.45, 2.75) is 167 Å². The number of carbonyl (C=O) groups is 9. The van der Waals surface area contributed by atoms with E-state index in [1.54, 1.807) is 49.2 Å². The van der Waals surface area contributed by atoms with Crippen molar-refractivity contribution in [3.63, 3.8) is 0 Å². The Morgan fingerprint density at radius 3 is 1.11 bits per heavy atom. The Morgan fingerprint density at radius 2 is 0.762 bits per heavy atom. The first kappa shape index (κ1) is 91.5. The third-order valence-electron chi connectivity index (χ3n) is 21.1. The van der Waals surface area contributed by atoms with Crippen molar-refractivity contribution in [2.75, 3.05) is 41.5 Å². The van der Waals surface area contributed by atoms with Gasteiger partial charge in [-0.25, -0.2) is 14.4 Å². The fraction of sp³-hybridized carbons (Fsp3) is 0.330. The smallest absolute Gasteiger partial charge is 0.407 e. The number of benzene rings is 10. The van der Waals surface area contributed by atoms with Crippen molar-refractivity contribution in [2.24, 2.45) is 0 Å². The van der Waals surface area contributed by atoms with E-state index < -0.39 is 95.3 Å². The third kappa shape index (κ3) is 23.8. The number of unbranched alkanes of at least 4 members (excludes halogenated alkanes) is 2. The molecule has 0 fully saturated rings. The highest BCUT2D eigenvalue weighted by molar-refractivity contribution is 6.13. The largest absolute Gasteiger partial charge is 1.00 e. The molecule has 7 amide bonds.